The maximum Gasteiger partial charge on any atom is 0.323 e. The van der Waals surface area contributed by atoms with E-state index in [1.807, 2.05) is 0 Å². The molecule has 1 fully saturated rings. The third-order valence-electron chi connectivity index (χ3n) is 1.66. The molecule has 0 unspecified atom stereocenters. The lowest BCUT2D eigenvalue weighted by atomic mass is 10.4. The first-order chi connectivity index (χ1) is 7.56. The molecular formula is C9H10N2O3S2. The third-order valence-corrected chi connectivity index (χ3v) is 3.04. The van der Waals surface area contributed by atoms with Crippen molar-refractivity contribution in [3.63, 3.8) is 0 Å². The smallest absolute Gasteiger partial charge is 0.323 e. The van der Waals surface area contributed by atoms with Gasteiger partial charge in [0.15, 0.2) is 0 Å². The van der Waals surface area contributed by atoms with Crippen LogP contribution in [0.1, 0.15) is 0 Å². The molecule has 0 radical (unpaired) electrons. The van der Waals surface area contributed by atoms with Crippen LogP contribution in [0.5, 0.6) is 0 Å². The quantitative estimate of drug-likeness (QED) is 0.325. The van der Waals surface area contributed by atoms with Crippen LogP contribution < -0.4 is 5.32 Å². The fraction of sp³-hybridized carbons (Fsp3) is 0.222. The summed E-state index contributed by atoms with van der Waals surface area (Å²) in [5.74, 6) is -1.47. The van der Waals surface area contributed by atoms with E-state index in [4.69, 9.17) is 17.3 Å². The molecule has 1 rings (SSSR count). The first-order valence-corrected chi connectivity index (χ1v) is 5.58. The predicted molar refractivity (Wildman–Crippen MR) is 65.8 cm³/mol. The van der Waals surface area contributed by atoms with Crippen molar-refractivity contribution in [2.45, 2.75) is 0 Å². The third kappa shape index (κ3) is 3.07. The van der Waals surface area contributed by atoms with Crippen LogP contribution in [-0.4, -0.2) is 39.3 Å². The highest BCUT2D eigenvalue weighted by Gasteiger charge is 2.33. The molecule has 1 heterocycles. The molecule has 86 valence electrons. The molecule has 0 atom stereocenters. The molecule has 1 saturated heterocycles. The number of aliphatic carboxylic acids is 1. The average molecular weight is 258 g/mol. The van der Waals surface area contributed by atoms with Gasteiger partial charge in [-0.15, -0.1) is 6.58 Å². The fourth-order valence-corrected chi connectivity index (χ4v) is 2.21. The van der Waals surface area contributed by atoms with Crippen LogP contribution in [0, 0.1) is 0 Å². The molecule has 7 heteroatoms. The van der Waals surface area contributed by atoms with Crippen molar-refractivity contribution >= 4 is 40.2 Å². The van der Waals surface area contributed by atoms with Gasteiger partial charge in [0.1, 0.15) is 10.9 Å². The molecule has 0 bridgehead atoms. The number of hydrogen-bond acceptors (Lipinski definition) is 5. The molecule has 1 amide bonds. The minimum Gasteiger partial charge on any atom is -0.480 e. The first kappa shape index (κ1) is 12.7. The van der Waals surface area contributed by atoms with Gasteiger partial charge in [0.25, 0.3) is 5.91 Å². The van der Waals surface area contributed by atoms with Gasteiger partial charge in [0.2, 0.25) is 0 Å². The van der Waals surface area contributed by atoms with Crippen molar-refractivity contribution in [1.29, 1.82) is 0 Å². The van der Waals surface area contributed by atoms with Gasteiger partial charge in [-0.25, -0.2) is 0 Å². The Balaban J connectivity index is 2.69. The van der Waals surface area contributed by atoms with Crippen LogP contribution in [-0.2, 0) is 9.59 Å². The van der Waals surface area contributed by atoms with Gasteiger partial charge in [0.05, 0.1) is 4.91 Å². The van der Waals surface area contributed by atoms with Gasteiger partial charge in [-0.3, -0.25) is 14.5 Å². The van der Waals surface area contributed by atoms with Crippen LogP contribution in [0.15, 0.2) is 23.8 Å². The molecule has 1 aliphatic rings. The van der Waals surface area contributed by atoms with Crippen molar-refractivity contribution in [1.82, 2.24) is 10.2 Å². The van der Waals surface area contributed by atoms with E-state index >= 15 is 0 Å². The molecule has 16 heavy (non-hydrogen) atoms. The summed E-state index contributed by atoms with van der Waals surface area (Å²) in [6.07, 6.45) is 3.16. The molecule has 5 nitrogen and oxygen atoms in total. The summed E-state index contributed by atoms with van der Waals surface area (Å²) in [5, 5.41) is 11.4. The number of nitrogens with zero attached hydrogens (tertiary/aromatic N) is 1. The Labute approximate surface area is 102 Å². The molecule has 0 saturated carbocycles. The minimum absolute atomic E-state index is 0.263. The Morgan fingerprint density at radius 2 is 2.38 bits per heavy atom. The summed E-state index contributed by atoms with van der Waals surface area (Å²) in [7, 11) is 0. The van der Waals surface area contributed by atoms with Gasteiger partial charge >= 0.3 is 5.97 Å². The van der Waals surface area contributed by atoms with Crippen molar-refractivity contribution in [2.75, 3.05) is 13.1 Å². The lowest BCUT2D eigenvalue weighted by Gasteiger charge is -2.10. The Morgan fingerprint density at radius 3 is 2.94 bits per heavy atom. The number of rotatable bonds is 5. The number of carbonyl (C=O) groups is 2. The van der Waals surface area contributed by atoms with Crippen LogP contribution >= 0.6 is 24.0 Å². The highest BCUT2D eigenvalue weighted by molar-refractivity contribution is 8.26. The molecule has 0 spiro atoms. The number of thioether (sulfide) groups is 1. The van der Waals surface area contributed by atoms with E-state index in [0.717, 1.165) is 16.7 Å². The molecular weight excluding hydrogens is 248 g/mol. The molecule has 0 aliphatic carbocycles. The predicted octanol–water partition coefficient (Wildman–Crippen LogP) is 0.548. The Kier molecular flexibility index (Phi) is 4.51. The molecule has 1 aliphatic heterocycles. The summed E-state index contributed by atoms with van der Waals surface area (Å²) >= 11 is 5.99. The van der Waals surface area contributed by atoms with Gasteiger partial charge in [-0.1, -0.05) is 30.1 Å². The van der Waals surface area contributed by atoms with E-state index in [9.17, 15) is 9.59 Å². The maximum atomic E-state index is 11.7. The summed E-state index contributed by atoms with van der Waals surface area (Å²) in [4.78, 5) is 23.6. The van der Waals surface area contributed by atoms with Crippen molar-refractivity contribution in [3.8, 4) is 0 Å². The number of carboxylic acid groups (broad SMARTS) is 1. The maximum absolute atomic E-state index is 11.7. The van der Waals surface area contributed by atoms with Gasteiger partial charge < -0.3 is 10.4 Å². The zero-order chi connectivity index (χ0) is 12.1. The van der Waals surface area contributed by atoms with E-state index in [2.05, 4.69) is 11.9 Å². The zero-order valence-electron chi connectivity index (χ0n) is 8.30. The summed E-state index contributed by atoms with van der Waals surface area (Å²) in [6.45, 7) is 3.65. The Bertz CT molecular complexity index is 379. The number of thiocarbonyl (C=S) groups is 1. The van der Waals surface area contributed by atoms with Gasteiger partial charge in [0, 0.05) is 12.7 Å². The standard InChI is InChI=1S/C9H10N2O3S2/c1-2-3-10-4-6-8(14)11(5-7(12)13)9(15)16-6/h2,4,10H,1,3,5H2,(H,12,13). The van der Waals surface area contributed by atoms with E-state index < -0.39 is 12.5 Å². The van der Waals surface area contributed by atoms with E-state index in [-0.39, 0.29) is 10.2 Å². The average Bonchev–Trinajstić information content (AvgIpc) is 2.46. The molecule has 0 aromatic heterocycles. The first-order valence-electron chi connectivity index (χ1n) is 4.36. The van der Waals surface area contributed by atoms with E-state index in [0.29, 0.717) is 11.4 Å². The summed E-state index contributed by atoms with van der Waals surface area (Å²) in [6, 6.07) is 0. The van der Waals surface area contributed by atoms with Crippen molar-refractivity contribution in [3.05, 3.63) is 23.8 Å². The van der Waals surface area contributed by atoms with Crippen molar-refractivity contribution in [2.24, 2.45) is 0 Å². The molecule has 0 aromatic carbocycles. The second-order valence-electron chi connectivity index (χ2n) is 2.86. The number of hydrogen-bond donors (Lipinski definition) is 2. The lowest BCUT2D eigenvalue weighted by Crippen LogP contribution is -2.33. The largest absolute Gasteiger partial charge is 0.480 e. The number of carboxylic acids is 1. The van der Waals surface area contributed by atoms with Crippen LogP contribution in [0.3, 0.4) is 0 Å². The molecule has 2 N–H and O–H groups in total. The topological polar surface area (TPSA) is 69.6 Å². The van der Waals surface area contributed by atoms with Crippen LogP contribution in [0.25, 0.3) is 0 Å². The Morgan fingerprint density at radius 1 is 1.69 bits per heavy atom. The van der Waals surface area contributed by atoms with E-state index in [1.165, 1.54) is 6.20 Å². The van der Waals surface area contributed by atoms with Gasteiger partial charge in [-0.2, -0.15) is 0 Å². The Hall–Kier alpha value is -1.34. The highest BCUT2D eigenvalue weighted by atomic mass is 32.2. The minimum atomic E-state index is -1.09. The number of amides is 1. The zero-order valence-corrected chi connectivity index (χ0v) is 9.94. The van der Waals surface area contributed by atoms with Crippen LogP contribution in [0.2, 0.25) is 0 Å². The van der Waals surface area contributed by atoms with Gasteiger partial charge in [-0.05, 0) is 0 Å². The second kappa shape index (κ2) is 5.66. The SMILES string of the molecule is C=CCNC=C1SC(=S)N(CC(=O)O)C1=O. The van der Waals surface area contributed by atoms with Crippen molar-refractivity contribution < 1.29 is 14.7 Å². The summed E-state index contributed by atoms with van der Waals surface area (Å²) in [5.41, 5.74) is 0. The van der Waals surface area contributed by atoms with E-state index in [1.54, 1.807) is 6.08 Å². The number of carbonyl (C=O) groups excluding carboxylic acids is 1. The van der Waals surface area contributed by atoms with Crippen LogP contribution in [0.4, 0.5) is 0 Å². The number of nitrogens with one attached hydrogen (secondary N) is 1. The summed E-state index contributed by atoms with van der Waals surface area (Å²) < 4.78 is 0.263. The monoisotopic (exact) mass is 258 g/mol. The molecule has 0 aromatic rings. The fourth-order valence-electron chi connectivity index (χ4n) is 1.01. The highest BCUT2D eigenvalue weighted by Crippen LogP contribution is 2.29. The second-order valence-corrected chi connectivity index (χ2v) is 4.53. The normalized spacial score (nSPS) is 18.0. The lowest BCUT2D eigenvalue weighted by molar-refractivity contribution is -0.140.